The van der Waals surface area contributed by atoms with Gasteiger partial charge in [-0.3, -0.25) is 9.59 Å². The van der Waals surface area contributed by atoms with Crippen molar-refractivity contribution in [2.75, 3.05) is 13.2 Å². The average molecular weight is 261 g/mol. The molecule has 0 heterocycles. The van der Waals surface area contributed by atoms with Crippen molar-refractivity contribution >= 4 is 18.0 Å². The molecule has 0 unspecified atom stereocenters. The highest BCUT2D eigenvalue weighted by Crippen LogP contribution is 2.06. The Kier molecular flexibility index (Phi) is 6.77. The smallest absolute Gasteiger partial charge is 0.407 e. The average Bonchev–Trinajstić information content (AvgIpc) is 2.12. The van der Waals surface area contributed by atoms with Crippen LogP contribution in [0.3, 0.4) is 0 Å². The van der Waals surface area contributed by atoms with Gasteiger partial charge in [0, 0.05) is 6.54 Å². The third kappa shape index (κ3) is 10.7. The predicted octanol–water partition coefficient (Wildman–Crippen LogP) is 0.919. The van der Waals surface area contributed by atoms with E-state index in [4.69, 9.17) is 9.84 Å². The van der Waals surface area contributed by atoms with Crippen molar-refractivity contribution in [2.24, 2.45) is 0 Å². The minimum Gasteiger partial charge on any atom is -0.481 e. The molecule has 0 aliphatic carbocycles. The molecule has 1 amide bonds. The minimum absolute atomic E-state index is 0.0575. The first-order chi connectivity index (χ1) is 8.20. The molecule has 0 aromatic rings. The molecule has 0 saturated heterocycles. The fourth-order valence-corrected chi connectivity index (χ4v) is 0.937. The summed E-state index contributed by atoms with van der Waals surface area (Å²) in [6.45, 7) is 5.60. The molecule has 7 heteroatoms. The number of aliphatic carboxylic acids is 1. The van der Waals surface area contributed by atoms with E-state index in [9.17, 15) is 14.4 Å². The summed E-state index contributed by atoms with van der Waals surface area (Å²) in [6, 6.07) is 0. The number of nitrogens with one attached hydrogen (secondary N) is 1. The van der Waals surface area contributed by atoms with Gasteiger partial charge in [0.05, 0.1) is 6.61 Å². The molecular formula is C11H19NO6. The summed E-state index contributed by atoms with van der Waals surface area (Å²) in [7, 11) is 0. The van der Waals surface area contributed by atoms with Crippen LogP contribution in [0.15, 0.2) is 0 Å². The Bertz CT molecular complexity index is 307. The van der Waals surface area contributed by atoms with E-state index in [0.29, 0.717) is 6.42 Å². The fraction of sp³-hybridized carbons (Fsp3) is 0.727. The number of carboxylic acids is 1. The zero-order chi connectivity index (χ0) is 14.2. The van der Waals surface area contributed by atoms with Crippen molar-refractivity contribution in [1.29, 1.82) is 0 Å². The topological polar surface area (TPSA) is 102 Å². The maximum Gasteiger partial charge on any atom is 0.407 e. The van der Waals surface area contributed by atoms with Gasteiger partial charge >= 0.3 is 18.0 Å². The quantitative estimate of drug-likeness (QED) is 0.419. The number of carbonyl (C=O) groups excluding carboxylic acids is 2. The van der Waals surface area contributed by atoms with E-state index < -0.39 is 30.1 Å². The van der Waals surface area contributed by atoms with Gasteiger partial charge in [0.1, 0.15) is 12.0 Å². The van der Waals surface area contributed by atoms with Gasteiger partial charge in [-0.15, -0.1) is 0 Å². The van der Waals surface area contributed by atoms with E-state index >= 15 is 0 Å². The van der Waals surface area contributed by atoms with Crippen molar-refractivity contribution in [3.8, 4) is 0 Å². The third-order valence-corrected chi connectivity index (χ3v) is 1.55. The molecule has 0 bridgehead atoms. The van der Waals surface area contributed by atoms with Gasteiger partial charge in [0.15, 0.2) is 0 Å². The van der Waals surface area contributed by atoms with Crippen molar-refractivity contribution < 1.29 is 29.0 Å². The summed E-state index contributed by atoms with van der Waals surface area (Å²) in [6.07, 6.45) is -0.802. The number of carboxylic acid groups (broad SMARTS) is 1. The Labute approximate surface area is 105 Å². The lowest BCUT2D eigenvalue weighted by Gasteiger charge is -2.19. The summed E-state index contributed by atoms with van der Waals surface area (Å²) in [5.41, 5.74) is -0.558. The summed E-state index contributed by atoms with van der Waals surface area (Å²) in [5, 5.41) is 10.8. The molecule has 0 rings (SSSR count). The molecule has 0 spiro atoms. The first-order valence-corrected chi connectivity index (χ1v) is 5.55. The Hall–Kier alpha value is -1.79. The second-order valence-corrected chi connectivity index (χ2v) is 4.57. The summed E-state index contributed by atoms with van der Waals surface area (Å²) in [5.74, 6) is -2.02. The van der Waals surface area contributed by atoms with Crippen LogP contribution in [0.1, 0.15) is 33.6 Å². The van der Waals surface area contributed by atoms with Crippen molar-refractivity contribution in [3.05, 3.63) is 0 Å². The zero-order valence-corrected chi connectivity index (χ0v) is 10.8. The number of amides is 1. The molecule has 0 radical (unpaired) electrons. The van der Waals surface area contributed by atoms with Crippen LogP contribution >= 0.6 is 0 Å². The van der Waals surface area contributed by atoms with Gasteiger partial charge in [-0.25, -0.2) is 4.79 Å². The Morgan fingerprint density at radius 3 is 2.33 bits per heavy atom. The Balaban J connectivity index is 3.54. The van der Waals surface area contributed by atoms with E-state index in [-0.39, 0.29) is 13.2 Å². The van der Waals surface area contributed by atoms with E-state index in [1.165, 1.54) is 0 Å². The van der Waals surface area contributed by atoms with Gasteiger partial charge in [-0.1, -0.05) is 0 Å². The summed E-state index contributed by atoms with van der Waals surface area (Å²) >= 11 is 0. The van der Waals surface area contributed by atoms with Crippen LogP contribution in [0.25, 0.3) is 0 Å². The lowest BCUT2D eigenvalue weighted by atomic mass is 10.2. The number of hydrogen-bond acceptors (Lipinski definition) is 5. The molecular weight excluding hydrogens is 242 g/mol. The van der Waals surface area contributed by atoms with Gasteiger partial charge in [0.25, 0.3) is 0 Å². The summed E-state index contributed by atoms with van der Waals surface area (Å²) < 4.78 is 9.61. The number of hydrogen-bond donors (Lipinski definition) is 2. The highest BCUT2D eigenvalue weighted by Gasteiger charge is 2.15. The molecule has 0 aromatic carbocycles. The molecule has 0 saturated carbocycles. The van der Waals surface area contributed by atoms with Crippen LogP contribution in [-0.2, 0) is 19.1 Å². The number of ether oxygens (including phenoxy) is 2. The van der Waals surface area contributed by atoms with Gasteiger partial charge in [-0.05, 0) is 27.2 Å². The normalized spacial score (nSPS) is 10.6. The molecule has 0 atom stereocenters. The molecule has 18 heavy (non-hydrogen) atoms. The van der Waals surface area contributed by atoms with E-state index in [1.807, 2.05) is 0 Å². The third-order valence-electron chi connectivity index (χ3n) is 1.55. The molecule has 0 aliphatic rings. The van der Waals surface area contributed by atoms with Crippen LogP contribution in [-0.4, -0.2) is 41.9 Å². The van der Waals surface area contributed by atoms with E-state index in [1.54, 1.807) is 20.8 Å². The van der Waals surface area contributed by atoms with E-state index in [2.05, 4.69) is 10.1 Å². The number of rotatable bonds is 6. The molecule has 0 aliphatic heterocycles. The maximum absolute atomic E-state index is 11.2. The summed E-state index contributed by atoms with van der Waals surface area (Å²) in [4.78, 5) is 32.2. The zero-order valence-electron chi connectivity index (χ0n) is 10.8. The highest BCUT2D eigenvalue weighted by atomic mass is 16.6. The number of alkyl carbamates (subject to hydrolysis) is 1. The van der Waals surface area contributed by atoms with Crippen molar-refractivity contribution in [3.63, 3.8) is 0 Å². The number of carbonyl (C=O) groups is 3. The number of esters is 1. The van der Waals surface area contributed by atoms with Crippen LogP contribution in [0.5, 0.6) is 0 Å². The first kappa shape index (κ1) is 16.2. The second kappa shape index (κ2) is 7.52. The van der Waals surface area contributed by atoms with Gasteiger partial charge in [0.2, 0.25) is 0 Å². The molecule has 0 fully saturated rings. The van der Waals surface area contributed by atoms with Crippen LogP contribution in [0.2, 0.25) is 0 Å². The first-order valence-electron chi connectivity index (χ1n) is 5.55. The monoisotopic (exact) mass is 261 g/mol. The lowest BCUT2D eigenvalue weighted by molar-refractivity contribution is -0.151. The van der Waals surface area contributed by atoms with Crippen LogP contribution in [0.4, 0.5) is 4.79 Å². The van der Waals surface area contributed by atoms with Crippen LogP contribution < -0.4 is 5.32 Å². The maximum atomic E-state index is 11.2. The van der Waals surface area contributed by atoms with Gasteiger partial charge < -0.3 is 19.9 Å². The Morgan fingerprint density at radius 2 is 1.83 bits per heavy atom. The molecule has 7 nitrogen and oxygen atoms in total. The Morgan fingerprint density at radius 1 is 1.22 bits per heavy atom. The van der Waals surface area contributed by atoms with Crippen molar-refractivity contribution in [2.45, 2.75) is 39.2 Å². The van der Waals surface area contributed by atoms with Gasteiger partial charge in [-0.2, -0.15) is 0 Å². The minimum atomic E-state index is -1.23. The molecule has 2 N–H and O–H groups in total. The van der Waals surface area contributed by atoms with E-state index in [0.717, 1.165) is 0 Å². The second-order valence-electron chi connectivity index (χ2n) is 4.57. The SMILES string of the molecule is CC(C)(C)OC(=O)NCCCOC(=O)CC(=O)O. The highest BCUT2D eigenvalue weighted by molar-refractivity contribution is 5.90. The lowest BCUT2D eigenvalue weighted by Crippen LogP contribution is -2.33. The standard InChI is InChI=1S/C11H19NO6/c1-11(2,3)18-10(16)12-5-4-6-17-9(15)7-8(13)14/h4-7H2,1-3H3,(H,12,16)(H,13,14). The van der Waals surface area contributed by atoms with Crippen molar-refractivity contribution in [1.82, 2.24) is 5.32 Å². The van der Waals surface area contributed by atoms with Crippen LogP contribution in [0, 0.1) is 0 Å². The largest absolute Gasteiger partial charge is 0.481 e. The molecule has 0 aromatic heterocycles. The predicted molar refractivity (Wildman–Crippen MR) is 62.1 cm³/mol. The fourth-order valence-electron chi connectivity index (χ4n) is 0.937. The molecule has 104 valence electrons.